The first kappa shape index (κ1) is 20.1. The molecule has 0 unspecified atom stereocenters. The second kappa shape index (κ2) is 9.01. The fourth-order valence-corrected chi connectivity index (χ4v) is 2.78. The standard InChI is InChI=1S/C21H22N4O4/c1-4-11-29-18-12-14(9-10-17(18)28-3)13-22-23-20(26)19-15-7-5-6-8-16(15)21(27)25(2)24-19/h5-10,12-13H,4,11H2,1-3H3,(H,23,26)/b22-13-. The van der Waals surface area contributed by atoms with E-state index in [9.17, 15) is 9.59 Å². The van der Waals surface area contributed by atoms with Crippen LogP contribution in [0, 0.1) is 0 Å². The number of hydrazone groups is 1. The van der Waals surface area contributed by atoms with E-state index in [-0.39, 0.29) is 11.3 Å². The number of methoxy groups -OCH3 is 1. The zero-order chi connectivity index (χ0) is 20.8. The first-order valence-corrected chi connectivity index (χ1v) is 9.15. The van der Waals surface area contributed by atoms with E-state index in [1.165, 1.54) is 13.3 Å². The molecule has 3 rings (SSSR count). The van der Waals surface area contributed by atoms with Crippen molar-refractivity contribution in [2.75, 3.05) is 13.7 Å². The molecule has 3 aromatic rings. The summed E-state index contributed by atoms with van der Waals surface area (Å²) in [7, 11) is 3.08. The Bertz CT molecular complexity index is 1120. The molecule has 150 valence electrons. The van der Waals surface area contributed by atoms with Crippen molar-refractivity contribution in [1.29, 1.82) is 0 Å². The van der Waals surface area contributed by atoms with Gasteiger partial charge in [-0.25, -0.2) is 10.1 Å². The van der Waals surface area contributed by atoms with Crippen LogP contribution in [0.3, 0.4) is 0 Å². The third-order valence-electron chi connectivity index (χ3n) is 4.20. The maximum Gasteiger partial charge on any atom is 0.292 e. The Morgan fingerprint density at radius 2 is 1.97 bits per heavy atom. The smallest absolute Gasteiger partial charge is 0.292 e. The fourth-order valence-electron chi connectivity index (χ4n) is 2.78. The Kier molecular flexibility index (Phi) is 6.23. The van der Waals surface area contributed by atoms with Gasteiger partial charge in [0.25, 0.3) is 11.5 Å². The topological polar surface area (TPSA) is 94.8 Å². The van der Waals surface area contributed by atoms with Gasteiger partial charge in [0.15, 0.2) is 17.2 Å². The highest BCUT2D eigenvalue weighted by molar-refractivity contribution is 6.04. The first-order valence-electron chi connectivity index (χ1n) is 9.15. The molecule has 0 aliphatic carbocycles. The predicted octanol–water partition coefficient (Wildman–Crippen LogP) is 2.49. The van der Waals surface area contributed by atoms with Gasteiger partial charge in [0.05, 0.1) is 25.3 Å². The van der Waals surface area contributed by atoms with Crippen molar-refractivity contribution in [1.82, 2.24) is 15.2 Å². The molecule has 29 heavy (non-hydrogen) atoms. The predicted molar refractivity (Wildman–Crippen MR) is 111 cm³/mol. The van der Waals surface area contributed by atoms with Gasteiger partial charge in [0.2, 0.25) is 0 Å². The highest BCUT2D eigenvalue weighted by Crippen LogP contribution is 2.27. The van der Waals surface area contributed by atoms with E-state index in [4.69, 9.17) is 9.47 Å². The Labute approximate surface area is 167 Å². The third kappa shape index (κ3) is 4.43. The van der Waals surface area contributed by atoms with Gasteiger partial charge in [-0.1, -0.05) is 25.1 Å². The summed E-state index contributed by atoms with van der Waals surface area (Å²) in [5, 5.41) is 8.98. The van der Waals surface area contributed by atoms with Gasteiger partial charge in [-0.15, -0.1) is 0 Å². The molecule has 0 atom stereocenters. The van der Waals surface area contributed by atoms with E-state index in [0.717, 1.165) is 16.7 Å². The van der Waals surface area contributed by atoms with Crippen molar-refractivity contribution in [2.45, 2.75) is 13.3 Å². The SMILES string of the molecule is CCCOc1cc(/C=N\NC(=O)c2nn(C)c(=O)c3ccccc23)ccc1OC. The van der Waals surface area contributed by atoms with Crippen molar-refractivity contribution < 1.29 is 14.3 Å². The minimum atomic E-state index is -0.510. The monoisotopic (exact) mass is 394 g/mol. The van der Waals surface area contributed by atoms with Gasteiger partial charge in [-0.2, -0.15) is 10.2 Å². The molecule has 2 aromatic carbocycles. The zero-order valence-corrected chi connectivity index (χ0v) is 16.5. The largest absolute Gasteiger partial charge is 0.493 e. The molecule has 0 fully saturated rings. The Morgan fingerprint density at radius 1 is 1.21 bits per heavy atom. The number of hydrogen-bond donors (Lipinski definition) is 1. The van der Waals surface area contributed by atoms with Crippen LogP contribution in [0.4, 0.5) is 0 Å². The number of nitrogens with one attached hydrogen (secondary N) is 1. The number of fused-ring (bicyclic) bond motifs is 1. The van der Waals surface area contributed by atoms with E-state index in [0.29, 0.717) is 28.9 Å². The van der Waals surface area contributed by atoms with Crippen molar-refractivity contribution in [3.05, 3.63) is 64.1 Å². The molecule has 0 aliphatic rings. The third-order valence-corrected chi connectivity index (χ3v) is 4.20. The molecular formula is C21H22N4O4. The van der Waals surface area contributed by atoms with Crippen LogP contribution in [0.15, 0.2) is 52.4 Å². The second-order valence-corrected chi connectivity index (χ2v) is 6.28. The van der Waals surface area contributed by atoms with Crippen LogP contribution in [-0.4, -0.2) is 35.6 Å². The van der Waals surface area contributed by atoms with Gasteiger partial charge in [0.1, 0.15) is 0 Å². The summed E-state index contributed by atoms with van der Waals surface area (Å²) in [6, 6.07) is 12.2. The minimum absolute atomic E-state index is 0.126. The van der Waals surface area contributed by atoms with Crippen LogP contribution < -0.4 is 20.5 Å². The van der Waals surface area contributed by atoms with Gasteiger partial charge in [-0.3, -0.25) is 9.59 Å². The minimum Gasteiger partial charge on any atom is -0.493 e. The van der Waals surface area contributed by atoms with E-state index >= 15 is 0 Å². The summed E-state index contributed by atoms with van der Waals surface area (Å²) >= 11 is 0. The second-order valence-electron chi connectivity index (χ2n) is 6.28. The number of aryl methyl sites for hydroxylation is 1. The van der Waals surface area contributed by atoms with Crippen molar-refractivity contribution in [2.24, 2.45) is 12.1 Å². The van der Waals surface area contributed by atoms with Crippen LogP contribution in [0.5, 0.6) is 11.5 Å². The Morgan fingerprint density at radius 3 is 2.69 bits per heavy atom. The van der Waals surface area contributed by atoms with E-state index in [1.54, 1.807) is 49.6 Å². The van der Waals surface area contributed by atoms with Gasteiger partial charge >= 0.3 is 0 Å². The van der Waals surface area contributed by atoms with E-state index < -0.39 is 5.91 Å². The lowest BCUT2D eigenvalue weighted by atomic mass is 10.1. The molecule has 1 aromatic heterocycles. The molecule has 1 amide bonds. The highest BCUT2D eigenvalue weighted by atomic mass is 16.5. The summed E-state index contributed by atoms with van der Waals surface area (Å²) in [5.41, 5.74) is 3.05. The number of amides is 1. The molecule has 0 bridgehead atoms. The average Bonchev–Trinajstić information content (AvgIpc) is 2.74. The van der Waals surface area contributed by atoms with Crippen LogP contribution in [-0.2, 0) is 7.05 Å². The summed E-state index contributed by atoms with van der Waals surface area (Å²) in [6.45, 7) is 2.59. The molecule has 0 saturated heterocycles. The highest BCUT2D eigenvalue weighted by Gasteiger charge is 2.15. The molecule has 8 heteroatoms. The lowest BCUT2D eigenvalue weighted by Gasteiger charge is -2.10. The Balaban J connectivity index is 1.81. The summed E-state index contributed by atoms with van der Waals surface area (Å²) in [4.78, 5) is 24.8. The first-order chi connectivity index (χ1) is 14.0. The number of ether oxygens (including phenoxy) is 2. The lowest BCUT2D eigenvalue weighted by molar-refractivity contribution is 0.0950. The van der Waals surface area contributed by atoms with Gasteiger partial charge in [-0.05, 0) is 36.2 Å². The average molecular weight is 394 g/mol. The quantitative estimate of drug-likeness (QED) is 0.491. The normalized spacial score (nSPS) is 11.0. The van der Waals surface area contributed by atoms with Crippen molar-refractivity contribution in [3.63, 3.8) is 0 Å². The molecule has 0 spiro atoms. The van der Waals surface area contributed by atoms with Crippen LogP contribution in [0.25, 0.3) is 10.8 Å². The maximum absolute atomic E-state index is 12.6. The number of carbonyl (C=O) groups excluding carboxylic acids is 1. The Hall–Kier alpha value is -3.68. The van der Waals surface area contributed by atoms with Gasteiger partial charge in [0, 0.05) is 12.4 Å². The summed E-state index contributed by atoms with van der Waals surface area (Å²) in [5.74, 6) is 0.722. The molecule has 0 radical (unpaired) electrons. The van der Waals surface area contributed by atoms with Crippen LogP contribution in [0.2, 0.25) is 0 Å². The zero-order valence-electron chi connectivity index (χ0n) is 16.5. The van der Waals surface area contributed by atoms with Crippen molar-refractivity contribution >= 4 is 22.9 Å². The number of benzene rings is 2. The molecule has 1 heterocycles. The number of rotatable bonds is 7. The summed E-state index contributed by atoms with van der Waals surface area (Å²) < 4.78 is 12.1. The molecule has 0 saturated carbocycles. The maximum atomic E-state index is 12.6. The van der Waals surface area contributed by atoms with Crippen LogP contribution >= 0.6 is 0 Å². The van der Waals surface area contributed by atoms with Crippen molar-refractivity contribution in [3.8, 4) is 11.5 Å². The van der Waals surface area contributed by atoms with Crippen LogP contribution in [0.1, 0.15) is 29.4 Å². The number of nitrogens with zero attached hydrogens (tertiary/aromatic N) is 3. The molecule has 8 nitrogen and oxygen atoms in total. The molecule has 0 aliphatic heterocycles. The summed E-state index contributed by atoms with van der Waals surface area (Å²) in [6.07, 6.45) is 2.37. The number of aromatic nitrogens is 2. The fraction of sp³-hybridized carbons (Fsp3) is 0.238. The molecule has 1 N–H and O–H groups in total. The lowest BCUT2D eigenvalue weighted by Crippen LogP contribution is -2.27. The van der Waals surface area contributed by atoms with Gasteiger partial charge < -0.3 is 9.47 Å². The van der Waals surface area contributed by atoms with E-state index in [1.807, 2.05) is 6.92 Å². The molecular weight excluding hydrogens is 372 g/mol. The van der Waals surface area contributed by atoms with E-state index in [2.05, 4.69) is 15.6 Å². The number of hydrogen-bond acceptors (Lipinski definition) is 6. The number of carbonyl (C=O) groups is 1.